The molecule has 1 heterocycles. The van der Waals surface area contributed by atoms with Crippen molar-refractivity contribution in [3.8, 4) is 11.5 Å². The highest BCUT2D eigenvalue weighted by Crippen LogP contribution is 2.27. The van der Waals surface area contributed by atoms with Gasteiger partial charge in [0, 0.05) is 24.2 Å². The molecule has 0 unspecified atom stereocenters. The van der Waals surface area contributed by atoms with E-state index in [4.69, 9.17) is 25.8 Å². The summed E-state index contributed by atoms with van der Waals surface area (Å²) in [4.78, 5) is 26.7. The van der Waals surface area contributed by atoms with E-state index in [-0.39, 0.29) is 17.1 Å². The molecule has 2 aromatic carbocycles. The second kappa shape index (κ2) is 9.39. The lowest BCUT2D eigenvalue weighted by Gasteiger charge is -2.26. The van der Waals surface area contributed by atoms with Gasteiger partial charge < -0.3 is 19.1 Å². The van der Waals surface area contributed by atoms with Crippen LogP contribution in [0.15, 0.2) is 48.5 Å². The topological polar surface area (TPSA) is 65.1 Å². The van der Waals surface area contributed by atoms with E-state index in [9.17, 15) is 9.59 Å². The molecule has 0 bridgehead atoms. The summed E-state index contributed by atoms with van der Waals surface area (Å²) in [5.41, 5.74) is 0.976. The van der Waals surface area contributed by atoms with Crippen LogP contribution in [0.5, 0.6) is 11.5 Å². The van der Waals surface area contributed by atoms with Gasteiger partial charge in [0.05, 0.1) is 25.9 Å². The number of hydrogen-bond acceptors (Lipinski definition) is 5. The average molecular weight is 402 g/mol. The predicted octanol–water partition coefficient (Wildman–Crippen LogP) is 4.08. The number of carbonyl (C=O) groups is 2. The lowest BCUT2D eigenvalue weighted by molar-refractivity contribution is 0.0415. The number of amides is 1. The number of ketones is 1. The second-order valence-electron chi connectivity index (χ2n) is 6.05. The highest BCUT2D eigenvalue weighted by molar-refractivity contribution is 6.32. The van der Waals surface area contributed by atoms with E-state index in [0.29, 0.717) is 37.1 Å². The van der Waals surface area contributed by atoms with Crippen LogP contribution in [0.2, 0.25) is 5.02 Å². The Morgan fingerprint density at radius 2 is 1.89 bits per heavy atom. The number of ether oxygens (including phenoxy) is 3. The molecular weight excluding hydrogens is 382 g/mol. The number of benzene rings is 2. The number of rotatable bonds is 5. The molecule has 3 rings (SSSR count). The van der Waals surface area contributed by atoms with Crippen molar-refractivity contribution >= 4 is 29.6 Å². The molecule has 1 aliphatic heterocycles. The van der Waals surface area contributed by atoms with Gasteiger partial charge in [-0.3, -0.25) is 4.79 Å². The number of nitrogens with zero attached hydrogens (tertiary/aromatic N) is 1. The Hall–Kier alpha value is -2.83. The van der Waals surface area contributed by atoms with Crippen LogP contribution in [0, 0.1) is 0 Å². The van der Waals surface area contributed by atoms with E-state index in [1.54, 1.807) is 30.3 Å². The van der Waals surface area contributed by atoms with Crippen LogP contribution in [0.1, 0.15) is 15.9 Å². The fourth-order valence-electron chi connectivity index (χ4n) is 2.69. The summed E-state index contributed by atoms with van der Waals surface area (Å²) < 4.78 is 15.9. The van der Waals surface area contributed by atoms with E-state index < -0.39 is 6.09 Å². The summed E-state index contributed by atoms with van der Waals surface area (Å²) in [7, 11) is 1.50. The molecule has 2 aromatic rings. The molecule has 1 saturated heterocycles. The van der Waals surface area contributed by atoms with Gasteiger partial charge in [0.25, 0.3) is 0 Å². The Bertz CT molecular complexity index is 890. The van der Waals surface area contributed by atoms with E-state index in [1.165, 1.54) is 24.2 Å². The van der Waals surface area contributed by atoms with E-state index >= 15 is 0 Å². The fourth-order valence-corrected chi connectivity index (χ4v) is 2.89. The van der Waals surface area contributed by atoms with Crippen molar-refractivity contribution in [3.05, 3.63) is 64.7 Å². The largest absolute Gasteiger partial charge is 0.497 e. The number of halogens is 1. The molecule has 7 heteroatoms. The average Bonchev–Trinajstić information content (AvgIpc) is 2.73. The third-order valence-electron chi connectivity index (χ3n) is 4.24. The van der Waals surface area contributed by atoms with Gasteiger partial charge in [0.15, 0.2) is 5.78 Å². The van der Waals surface area contributed by atoms with Crippen molar-refractivity contribution < 1.29 is 23.8 Å². The first-order valence-electron chi connectivity index (χ1n) is 8.78. The third kappa shape index (κ3) is 4.91. The van der Waals surface area contributed by atoms with Crippen LogP contribution in [0.3, 0.4) is 0 Å². The molecule has 0 saturated carbocycles. The molecule has 0 atom stereocenters. The maximum atomic E-state index is 12.7. The highest BCUT2D eigenvalue weighted by Gasteiger charge is 2.21. The first kappa shape index (κ1) is 19.9. The van der Waals surface area contributed by atoms with Crippen LogP contribution < -0.4 is 9.47 Å². The summed E-state index contributed by atoms with van der Waals surface area (Å²) in [6.07, 6.45) is 2.50. The normalized spacial score (nSPS) is 14.1. The molecule has 0 N–H and O–H groups in total. The zero-order valence-electron chi connectivity index (χ0n) is 15.4. The van der Waals surface area contributed by atoms with Gasteiger partial charge in [-0.15, -0.1) is 0 Å². The number of carbonyl (C=O) groups excluding carboxylic acids is 2. The first-order chi connectivity index (χ1) is 13.6. The smallest absolute Gasteiger partial charge is 0.415 e. The van der Waals surface area contributed by atoms with Gasteiger partial charge in [0.1, 0.15) is 11.5 Å². The van der Waals surface area contributed by atoms with E-state index in [0.717, 1.165) is 5.56 Å². The van der Waals surface area contributed by atoms with E-state index in [2.05, 4.69) is 0 Å². The Kier molecular flexibility index (Phi) is 6.68. The Morgan fingerprint density at radius 3 is 2.61 bits per heavy atom. The van der Waals surface area contributed by atoms with Crippen molar-refractivity contribution in [3.63, 3.8) is 0 Å². The molecule has 6 nitrogen and oxygen atoms in total. The zero-order chi connectivity index (χ0) is 19.9. The lowest BCUT2D eigenvalue weighted by atomic mass is 10.1. The van der Waals surface area contributed by atoms with Crippen LogP contribution in [-0.4, -0.2) is 50.2 Å². The molecule has 28 heavy (non-hydrogen) atoms. The summed E-state index contributed by atoms with van der Waals surface area (Å²) in [6, 6.07) is 11.9. The number of methoxy groups -OCH3 is 1. The van der Waals surface area contributed by atoms with Crippen LogP contribution in [-0.2, 0) is 4.74 Å². The highest BCUT2D eigenvalue weighted by atomic mass is 35.5. The zero-order valence-corrected chi connectivity index (χ0v) is 16.1. The monoisotopic (exact) mass is 401 g/mol. The molecular formula is C21H20ClNO5. The summed E-state index contributed by atoms with van der Waals surface area (Å²) >= 11 is 6.12. The Labute approximate surface area is 168 Å². The van der Waals surface area contributed by atoms with Crippen molar-refractivity contribution in [2.24, 2.45) is 0 Å². The second-order valence-corrected chi connectivity index (χ2v) is 6.46. The maximum absolute atomic E-state index is 12.7. The SMILES string of the molecule is COc1ccc(C(=O)/C=C/c2ccccc2Cl)c(OC(=O)N2CCOCC2)c1. The van der Waals surface area contributed by atoms with Crippen molar-refractivity contribution in [2.75, 3.05) is 33.4 Å². The van der Waals surface area contributed by atoms with Crippen molar-refractivity contribution in [1.82, 2.24) is 4.90 Å². The summed E-state index contributed by atoms with van der Waals surface area (Å²) in [5.74, 6) is 0.313. The van der Waals surface area contributed by atoms with Gasteiger partial charge in [-0.05, 0) is 35.9 Å². The molecule has 0 aromatic heterocycles. The lowest BCUT2D eigenvalue weighted by Crippen LogP contribution is -2.42. The minimum absolute atomic E-state index is 0.143. The molecule has 1 amide bonds. The van der Waals surface area contributed by atoms with Gasteiger partial charge in [-0.25, -0.2) is 4.79 Å². The number of hydrogen-bond donors (Lipinski definition) is 0. The van der Waals surface area contributed by atoms with Crippen LogP contribution in [0.25, 0.3) is 6.08 Å². The minimum Gasteiger partial charge on any atom is -0.497 e. The van der Waals surface area contributed by atoms with Gasteiger partial charge in [-0.2, -0.15) is 0 Å². The van der Waals surface area contributed by atoms with Gasteiger partial charge >= 0.3 is 6.09 Å². The molecule has 0 spiro atoms. The van der Waals surface area contributed by atoms with Crippen molar-refractivity contribution in [1.29, 1.82) is 0 Å². The van der Waals surface area contributed by atoms with Crippen molar-refractivity contribution in [2.45, 2.75) is 0 Å². The molecule has 1 aliphatic rings. The predicted molar refractivity (Wildman–Crippen MR) is 106 cm³/mol. The van der Waals surface area contributed by atoms with Crippen LogP contribution >= 0.6 is 11.6 Å². The quantitative estimate of drug-likeness (QED) is 0.558. The van der Waals surface area contributed by atoms with Gasteiger partial charge in [-0.1, -0.05) is 29.8 Å². The minimum atomic E-state index is -0.527. The number of morpholine rings is 1. The first-order valence-corrected chi connectivity index (χ1v) is 9.16. The Morgan fingerprint density at radius 1 is 1.14 bits per heavy atom. The van der Waals surface area contributed by atoms with Gasteiger partial charge in [0.2, 0.25) is 0 Å². The molecule has 1 fully saturated rings. The van der Waals surface area contributed by atoms with Crippen LogP contribution in [0.4, 0.5) is 4.79 Å². The fraction of sp³-hybridized carbons (Fsp3) is 0.238. The third-order valence-corrected chi connectivity index (χ3v) is 4.58. The molecule has 0 aliphatic carbocycles. The Balaban J connectivity index is 1.82. The molecule has 0 radical (unpaired) electrons. The van der Waals surface area contributed by atoms with E-state index in [1.807, 2.05) is 12.1 Å². The maximum Gasteiger partial charge on any atom is 0.415 e. The standard InChI is InChI=1S/C21H20ClNO5/c1-26-16-7-8-17(19(24)9-6-15-4-2-3-5-18(15)22)20(14-16)28-21(25)23-10-12-27-13-11-23/h2-9,14H,10-13H2,1H3/b9-6+. The summed E-state index contributed by atoms with van der Waals surface area (Å²) in [5, 5.41) is 0.542. The number of allylic oxidation sites excluding steroid dienone is 1. The molecule has 146 valence electrons. The summed E-state index contributed by atoms with van der Waals surface area (Å²) in [6.45, 7) is 1.80.